The van der Waals surface area contributed by atoms with Gasteiger partial charge in [0.1, 0.15) is 17.4 Å². The fraction of sp³-hybridized carbons (Fsp3) is 0.389. The zero-order valence-corrected chi connectivity index (χ0v) is 13.8. The predicted octanol–water partition coefficient (Wildman–Crippen LogP) is 2.50. The molecule has 6 heteroatoms. The van der Waals surface area contributed by atoms with Crippen molar-refractivity contribution in [3.05, 3.63) is 47.9 Å². The van der Waals surface area contributed by atoms with Crippen molar-refractivity contribution < 1.29 is 9.53 Å². The number of hydrogen-bond donors (Lipinski definition) is 1. The maximum absolute atomic E-state index is 12.6. The van der Waals surface area contributed by atoms with Gasteiger partial charge in [0.2, 0.25) is 5.91 Å². The Morgan fingerprint density at radius 1 is 1.33 bits per heavy atom. The van der Waals surface area contributed by atoms with Crippen LogP contribution >= 0.6 is 0 Å². The van der Waals surface area contributed by atoms with Crippen molar-refractivity contribution in [3.8, 4) is 5.75 Å². The third kappa shape index (κ3) is 3.82. The normalized spacial score (nSPS) is 17.0. The Morgan fingerprint density at radius 2 is 2.12 bits per heavy atom. The van der Waals surface area contributed by atoms with Gasteiger partial charge in [0.25, 0.3) is 0 Å². The molecule has 2 heterocycles. The molecule has 1 atom stereocenters. The van der Waals surface area contributed by atoms with Gasteiger partial charge in [0.15, 0.2) is 0 Å². The highest BCUT2D eigenvalue weighted by molar-refractivity contribution is 5.77. The van der Waals surface area contributed by atoms with Gasteiger partial charge >= 0.3 is 0 Å². The van der Waals surface area contributed by atoms with Crippen LogP contribution in [0.2, 0.25) is 0 Å². The van der Waals surface area contributed by atoms with Gasteiger partial charge in [-0.3, -0.25) is 4.79 Å². The Bertz CT molecular complexity index is 685. The molecule has 6 nitrogen and oxygen atoms in total. The maximum Gasteiger partial charge on any atom is 0.226 e. The fourth-order valence-electron chi connectivity index (χ4n) is 3.07. The number of anilines is 1. The second-order valence-electron chi connectivity index (χ2n) is 5.92. The summed E-state index contributed by atoms with van der Waals surface area (Å²) in [7, 11) is 0. The Hall–Kier alpha value is -2.63. The van der Waals surface area contributed by atoms with E-state index < -0.39 is 0 Å². The van der Waals surface area contributed by atoms with Crippen LogP contribution in [0.15, 0.2) is 36.4 Å². The summed E-state index contributed by atoms with van der Waals surface area (Å²) >= 11 is 0. The topological polar surface area (TPSA) is 81.3 Å². The number of carbonyl (C=O) groups excluding carboxylic acids is 1. The number of nitrogens with two attached hydrogens (primary N) is 1. The van der Waals surface area contributed by atoms with Gasteiger partial charge in [-0.1, -0.05) is 18.2 Å². The van der Waals surface area contributed by atoms with E-state index in [0.717, 1.165) is 30.8 Å². The van der Waals surface area contributed by atoms with Crippen LogP contribution < -0.4 is 10.5 Å². The molecule has 1 fully saturated rings. The highest BCUT2D eigenvalue weighted by Crippen LogP contribution is 2.31. The summed E-state index contributed by atoms with van der Waals surface area (Å²) in [5.41, 5.74) is 6.65. The van der Waals surface area contributed by atoms with E-state index in [-0.39, 0.29) is 11.9 Å². The molecule has 1 aliphatic heterocycles. The van der Waals surface area contributed by atoms with E-state index in [9.17, 15) is 4.79 Å². The molecule has 1 aromatic carbocycles. The summed E-state index contributed by atoms with van der Waals surface area (Å²) in [4.78, 5) is 23.0. The molecule has 1 amide bonds. The second kappa shape index (κ2) is 7.29. The average Bonchev–Trinajstić information content (AvgIpc) is 3.04. The van der Waals surface area contributed by atoms with E-state index in [4.69, 9.17) is 10.5 Å². The predicted molar refractivity (Wildman–Crippen MR) is 91.4 cm³/mol. The fourth-order valence-corrected chi connectivity index (χ4v) is 3.07. The molecule has 0 radical (unpaired) electrons. The average molecular weight is 326 g/mol. The lowest BCUT2D eigenvalue weighted by molar-refractivity contribution is -0.132. The smallest absolute Gasteiger partial charge is 0.226 e. The molecule has 0 saturated carbocycles. The monoisotopic (exact) mass is 326 g/mol. The number of nitrogens with zero attached hydrogens (tertiary/aromatic N) is 3. The first-order valence-corrected chi connectivity index (χ1v) is 8.22. The van der Waals surface area contributed by atoms with E-state index >= 15 is 0 Å². The molecule has 1 saturated heterocycles. The lowest BCUT2D eigenvalue weighted by Crippen LogP contribution is -2.32. The molecule has 1 aromatic heterocycles. The highest BCUT2D eigenvalue weighted by atomic mass is 16.5. The van der Waals surface area contributed by atoms with Crippen molar-refractivity contribution in [1.82, 2.24) is 14.9 Å². The van der Waals surface area contributed by atoms with Crippen LogP contribution in [-0.4, -0.2) is 33.9 Å². The van der Waals surface area contributed by atoms with E-state index in [1.165, 1.54) is 0 Å². The zero-order chi connectivity index (χ0) is 16.9. The molecule has 2 aromatic rings. The van der Waals surface area contributed by atoms with Gasteiger partial charge in [-0.2, -0.15) is 0 Å². The SMILES string of the molecule is Cc1nc(N)cc([C@@H]2CCCN2C(=O)CCOc2ccccc2)n1. The Kier molecular flexibility index (Phi) is 4.93. The van der Waals surface area contributed by atoms with Crippen molar-refractivity contribution >= 4 is 11.7 Å². The maximum atomic E-state index is 12.6. The number of likely N-dealkylation sites (tertiary alicyclic amines) is 1. The highest BCUT2D eigenvalue weighted by Gasteiger charge is 2.31. The van der Waals surface area contributed by atoms with Crippen LogP contribution in [0.5, 0.6) is 5.75 Å². The zero-order valence-electron chi connectivity index (χ0n) is 13.8. The van der Waals surface area contributed by atoms with Crippen molar-refractivity contribution in [3.63, 3.8) is 0 Å². The number of amides is 1. The van der Waals surface area contributed by atoms with Gasteiger partial charge in [0.05, 0.1) is 24.8 Å². The number of benzene rings is 1. The van der Waals surface area contributed by atoms with Gasteiger partial charge < -0.3 is 15.4 Å². The van der Waals surface area contributed by atoms with Crippen LogP contribution in [0.1, 0.15) is 36.8 Å². The number of ether oxygens (including phenoxy) is 1. The minimum absolute atomic E-state index is 0.0155. The van der Waals surface area contributed by atoms with E-state index in [0.29, 0.717) is 24.7 Å². The molecule has 24 heavy (non-hydrogen) atoms. The van der Waals surface area contributed by atoms with Crippen molar-refractivity contribution in [2.75, 3.05) is 18.9 Å². The standard InChI is InChI=1S/C18H22N4O2/c1-13-20-15(12-17(19)21-13)16-8-5-10-22(16)18(23)9-11-24-14-6-3-2-4-7-14/h2-4,6-7,12,16H,5,8-11H2,1H3,(H2,19,20,21)/t16-/m0/s1. The number of aryl methyl sites for hydroxylation is 1. The lowest BCUT2D eigenvalue weighted by Gasteiger charge is -2.24. The van der Waals surface area contributed by atoms with Gasteiger partial charge in [-0.15, -0.1) is 0 Å². The van der Waals surface area contributed by atoms with Crippen LogP contribution in [0, 0.1) is 6.92 Å². The number of carbonyl (C=O) groups is 1. The number of aromatic nitrogens is 2. The minimum Gasteiger partial charge on any atom is -0.493 e. The first-order chi connectivity index (χ1) is 11.6. The van der Waals surface area contributed by atoms with Crippen molar-refractivity contribution in [2.45, 2.75) is 32.2 Å². The summed E-state index contributed by atoms with van der Waals surface area (Å²) < 4.78 is 5.62. The van der Waals surface area contributed by atoms with Crippen LogP contribution in [-0.2, 0) is 4.79 Å². The van der Waals surface area contributed by atoms with E-state index in [2.05, 4.69) is 9.97 Å². The largest absolute Gasteiger partial charge is 0.493 e. The third-order valence-electron chi connectivity index (χ3n) is 4.12. The molecule has 0 spiro atoms. The molecule has 2 N–H and O–H groups in total. The van der Waals surface area contributed by atoms with E-state index in [1.807, 2.05) is 42.2 Å². The molecule has 0 aliphatic carbocycles. The number of para-hydroxylation sites is 1. The molecule has 3 rings (SSSR count). The molecule has 0 unspecified atom stereocenters. The summed E-state index contributed by atoms with van der Waals surface area (Å²) in [5, 5.41) is 0. The molecule has 126 valence electrons. The molecular weight excluding hydrogens is 304 g/mol. The Balaban J connectivity index is 1.61. The quantitative estimate of drug-likeness (QED) is 0.913. The summed E-state index contributed by atoms with van der Waals surface area (Å²) in [5.74, 6) is 1.95. The first-order valence-electron chi connectivity index (χ1n) is 8.22. The van der Waals surface area contributed by atoms with Crippen LogP contribution in [0.25, 0.3) is 0 Å². The number of nitrogen functional groups attached to an aromatic ring is 1. The Morgan fingerprint density at radius 3 is 2.88 bits per heavy atom. The number of hydrogen-bond acceptors (Lipinski definition) is 5. The summed E-state index contributed by atoms with van der Waals surface area (Å²) in [6.07, 6.45) is 2.23. The van der Waals surface area contributed by atoms with Gasteiger partial charge in [-0.25, -0.2) is 9.97 Å². The third-order valence-corrected chi connectivity index (χ3v) is 4.12. The molecular formula is C18H22N4O2. The molecule has 1 aliphatic rings. The Labute approximate surface area is 141 Å². The minimum atomic E-state index is -0.0155. The van der Waals surface area contributed by atoms with Crippen LogP contribution in [0.4, 0.5) is 5.82 Å². The van der Waals surface area contributed by atoms with Gasteiger partial charge in [0, 0.05) is 12.6 Å². The molecule has 0 bridgehead atoms. The van der Waals surface area contributed by atoms with Crippen molar-refractivity contribution in [1.29, 1.82) is 0 Å². The summed E-state index contributed by atoms with van der Waals surface area (Å²) in [6, 6.07) is 11.3. The summed E-state index contributed by atoms with van der Waals surface area (Å²) in [6.45, 7) is 2.93. The van der Waals surface area contributed by atoms with E-state index in [1.54, 1.807) is 6.07 Å². The van der Waals surface area contributed by atoms with Gasteiger partial charge in [-0.05, 0) is 31.9 Å². The van der Waals surface area contributed by atoms with Crippen molar-refractivity contribution in [2.24, 2.45) is 0 Å². The van der Waals surface area contributed by atoms with Crippen LogP contribution in [0.3, 0.4) is 0 Å². The first kappa shape index (κ1) is 16.2. The second-order valence-corrected chi connectivity index (χ2v) is 5.92. The number of rotatable bonds is 5. The lowest BCUT2D eigenvalue weighted by atomic mass is 10.1.